The fraction of sp³-hybridized carbons (Fsp3) is 0.611. The Hall–Kier alpha value is -1.51. The maximum atomic E-state index is 13.4. The Morgan fingerprint density at radius 1 is 1.30 bits per heavy atom. The number of amides is 1. The smallest absolute Gasteiger partial charge is 0.405 e. The Bertz CT molecular complexity index is 624. The number of carbonyl (C=O) groups is 1. The second-order valence-electron chi connectivity index (χ2n) is 6.72. The van der Waals surface area contributed by atoms with E-state index < -0.39 is 18.8 Å². The van der Waals surface area contributed by atoms with Crippen LogP contribution in [0.4, 0.5) is 13.2 Å². The Morgan fingerprint density at radius 3 is 2.70 bits per heavy atom. The standard InChI is InChI=1S/C18H24F3N3O2.ClH/c19-18(20,21)16(24-8-6-22-7-9-24)12-23-17(25)11-13-5-10-26-15-4-2-1-3-14(13)15;/h1-4,13,16,22H,5-12H2,(H,23,25);1H. The van der Waals surface area contributed by atoms with E-state index in [2.05, 4.69) is 10.6 Å². The van der Waals surface area contributed by atoms with E-state index in [9.17, 15) is 18.0 Å². The lowest BCUT2D eigenvalue weighted by Crippen LogP contribution is -2.57. The molecule has 1 aromatic carbocycles. The molecule has 0 aromatic heterocycles. The summed E-state index contributed by atoms with van der Waals surface area (Å²) in [4.78, 5) is 13.7. The number of hydrogen-bond acceptors (Lipinski definition) is 4. The van der Waals surface area contributed by atoms with Crippen molar-refractivity contribution in [1.29, 1.82) is 0 Å². The van der Waals surface area contributed by atoms with Crippen molar-refractivity contribution in [3.05, 3.63) is 29.8 Å². The molecular weight excluding hydrogens is 383 g/mol. The second-order valence-corrected chi connectivity index (χ2v) is 6.72. The van der Waals surface area contributed by atoms with Crippen molar-refractivity contribution in [2.24, 2.45) is 0 Å². The molecule has 2 aliphatic rings. The molecule has 2 heterocycles. The molecule has 2 unspecified atom stereocenters. The van der Waals surface area contributed by atoms with E-state index in [0.29, 0.717) is 39.2 Å². The van der Waals surface area contributed by atoms with Crippen LogP contribution in [0.2, 0.25) is 0 Å². The van der Waals surface area contributed by atoms with Gasteiger partial charge in [0.25, 0.3) is 0 Å². The summed E-state index contributed by atoms with van der Waals surface area (Å²) in [5, 5.41) is 5.54. The highest BCUT2D eigenvalue weighted by Gasteiger charge is 2.43. The minimum Gasteiger partial charge on any atom is -0.493 e. The number of ether oxygens (including phenoxy) is 1. The van der Waals surface area contributed by atoms with Gasteiger partial charge in [-0.2, -0.15) is 13.2 Å². The summed E-state index contributed by atoms with van der Waals surface area (Å²) in [6.45, 7) is 1.81. The van der Waals surface area contributed by atoms with Gasteiger partial charge in [-0.15, -0.1) is 12.4 Å². The Balaban J connectivity index is 0.00000261. The molecule has 2 atom stereocenters. The van der Waals surface area contributed by atoms with Gasteiger partial charge in [0.05, 0.1) is 6.61 Å². The molecule has 1 fully saturated rings. The van der Waals surface area contributed by atoms with Crippen LogP contribution in [0.25, 0.3) is 0 Å². The molecule has 152 valence electrons. The Kier molecular flexibility index (Phi) is 7.76. The molecule has 2 N–H and O–H groups in total. The van der Waals surface area contributed by atoms with Crippen molar-refractivity contribution in [1.82, 2.24) is 15.5 Å². The number of rotatable bonds is 5. The van der Waals surface area contributed by atoms with Crippen LogP contribution in [0, 0.1) is 0 Å². The summed E-state index contributed by atoms with van der Waals surface area (Å²) in [6.07, 6.45) is -3.51. The molecule has 1 amide bonds. The maximum absolute atomic E-state index is 13.4. The first kappa shape index (κ1) is 21.8. The number of benzene rings is 1. The minimum absolute atomic E-state index is 0. The number of para-hydroxylation sites is 1. The summed E-state index contributed by atoms with van der Waals surface area (Å²) in [5.41, 5.74) is 0.948. The fourth-order valence-corrected chi connectivity index (χ4v) is 3.58. The SMILES string of the molecule is Cl.O=C(CC1CCOc2ccccc21)NCC(N1CCNCC1)C(F)(F)F. The molecule has 9 heteroatoms. The van der Waals surface area contributed by atoms with Crippen LogP contribution in [0.5, 0.6) is 5.75 Å². The van der Waals surface area contributed by atoms with Crippen LogP contribution in [0.1, 0.15) is 24.3 Å². The van der Waals surface area contributed by atoms with Crippen LogP contribution < -0.4 is 15.4 Å². The largest absolute Gasteiger partial charge is 0.493 e. The molecule has 0 saturated carbocycles. The summed E-state index contributed by atoms with van der Waals surface area (Å²) in [6, 6.07) is 5.86. The molecule has 0 radical (unpaired) electrons. The van der Waals surface area contributed by atoms with Crippen molar-refractivity contribution in [3.63, 3.8) is 0 Å². The molecule has 1 aromatic rings. The topological polar surface area (TPSA) is 53.6 Å². The number of nitrogens with zero attached hydrogens (tertiary/aromatic N) is 1. The molecule has 0 aliphatic carbocycles. The number of nitrogens with one attached hydrogen (secondary N) is 2. The fourth-order valence-electron chi connectivity index (χ4n) is 3.58. The van der Waals surface area contributed by atoms with Crippen molar-refractivity contribution in [3.8, 4) is 5.75 Å². The first-order valence-electron chi connectivity index (χ1n) is 8.95. The van der Waals surface area contributed by atoms with E-state index in [0.717, 1.165) is 11.3 Å². The summed E-state index contributed by atoms with van der Waals surface area (Å²) in [7, 11) is 0. The molecule has 5 nitrogen and oxygen atoms in total. The van der Waals surface area contributed by atoms with E-state index in [4.69, 9.17) is 4.74 Å². The lowest BCUT2D eigenvalue weighted by molar-refractivity contribution is -0.184. The predicted molar refractivity (Wildman–Crippen MR) is 98.5 cm³/mol. The van der Waals surface area contributed by atoms with Crippen LogP contribution in [-0.2, 0) is 4.79 Å². The highest BCUT2D eigenvalue weighted by molar-refractivity contribution is 5.85. The molecular formula is C18H25ClF3N3O2. The van der Waals surface area contributed by atoms with Crippen LogP contribution in [0.15, 0.2) is 24.3 Å². The van der Waals surface area contributed by atoms with Gasteiger partial charge in [0.15, 0.2) is 0 Å². The summed E-state index contributed by atoms with van der Waals surface area (Å²) in [5.74, 6) is 0.380. The minimum atomic E-state index is -4.37. The van der Waals surface area contributed by atoms with Gasteiger partial charge in [0.1, 0.15) is 11.8 Å². The third-order valence-corrected chi connectivity index (χ3v) is 4.98. The average Bonchev–Trinajstić information content (AvgIpc) is 2.62. The van der Waals surface area contributed by atoms with Crippen molar-refractivity contribution < 1.29 is 22.7 Å². The van der Waals surface area contributed by atoms with E-state index in [1.165, 1.54) is 4.90 Å². The first-order chi connectivity index (χ1) is 12.4. The van der Waals surface area contributed by atoms with E-state index >= 15 is 0 Å². The average molecular weight is 408 g/mol. The molecule has 1 saturated heterocycles. The van der Waals surface area contributed by atoms with Crippen molar-refractivity contribution in [2.75, 3.05) is 39.3 Å². The molecule has 0 bridgehead atoms. The van der Waals surface area contributed by atoms with Crippen LogP contribution in [0.3, 0.4) is 0 Å². The van der Waals surface area contributed by atoms with Gasteiger partial charge in [0, 0.05) is 39.1 Å². The van der Waals surface area contributed by atoms with Gasteiger partial charge in [-0.3, -0.25) is 9.69 Å². The molecule has 27 heavy (non-hydrogen) atoms. The predicted octanol–water partition coefficient (Wildman–Crippen LogP) is 2.32. The van der Waals surface area contributed by atoms with Crippen LogP contribution >= 0.6 is 12.4 Å². The number of fused-ring (bicyclic) bond motifs is 1. The van der Waals surface area contributed by atoms with Gasteiger partial charge in [0.2, 0.25) is 5.91 Å². The molecule has 2 aliphatic heterocycles. The first-order valence-corrected chi connectivity index (χ1v) is 8.95. The second kappa shape index (κ2) is 9.61. The summed E-state index contributed by atoms with van der Waals surface area (Å²) >= 11 is 0. The quantitative estimate of drug-likeness (QED) is 0.786. The third kappa shape index (κ3) is 5.73. The highest BCUT2D eigenvalue weighted by Crippen LogP contribution is 2.35. The highest BCUT2D eigenvalue weighted by atomic mass is 35.5. The van der Waals surface area contributed by atoms with E-state index in [1.807, 2.05) is 24.3 Å². The van der Waals surface area contributed by atoms with Crippen molar-refractivity contribution >= 4 is 18.3 Å². The number of halogens is 4. The number of carbonyl (C=O) groups excluding carboxylic acids is 1. The normalized spacial score (nSPS) is 21.4. The zero-order chi connectivity index (χ0) is 18.6. The number of hydrogen-bond donors (Lipinski definition) is 2. The van der Waals surface area contributed by atoms with Gasteiger partial charge in [-0.1, -0.05) is 18.2 Å². The van der Waals surface area contributed by atoms with Gasteiger partial charge in [-0.25, -0.2) is 0 Å². The number of piperazine rings is 1. The van der Waals surface area contributed by atoms with Gasteiger partial charge >= 0.3 is 6.18 Å². The Morgan fingerprint density at radius 2 is 2.00 bits per heavy atom. The van der Waals surface area contributed by atoms with Gasteiger partial charge < -0.3 is 15.4 Å². The molecule has 0 spiro atoms. The van der Waals surface area contributed by atoms with Crippen molar-refractivity contribution in [2.45, 2.75) is 31.0 Å². The third-order valence-electron chi connectivity index (χ3n) is 4.98. The zero-order valence-corrected chi connectivity index (χ0v) is 15.7. The van der Waals surface area contributed by atoms with Crippen LogP contribution in [-0.4, -0.2) is 62.4 Å². The van der Waals surface area contributed by atoms with E-state index in [-0.39, 0.29) is 30.7 Å². The van der Waals surface area contributed by atoms with Gasteiger partial charge in [-0.05, 0) is 24.0 Å². The lowest BCUT2D eigenvalue weighted by atomic mass is 9.90. The molecule has 3 rings (SSSR count). The maximum Gasteiger partial charge on any atom is 0.405 e. The van der Waals surface area contributed by atoms with E-state index in [1.54, 1.807) is 0 Å². The number of alkyl halides is 3. The Labute approximate surface area is 163 Å². The zero-order valence-electron chi connectivity index (χ0n) is 14.9. The monoisotopic (exact) mass is 407 g/mol. The summed E-state index contributed by atoms with van der Waals surface area (Å²) < 4.78 is 45.7. The lowest BCUT2D eigenvalue weighted by Gasteiger charge is -2.36.